The van der Waals surface area contributed by atoms with Crippen LogP contribution in [0.2, 0.25) is 0 Å². The van der Waals surface area contributed by atoms with Gasteiger partial charge in [0.1, 0.15) is 0 Å². The molecule has 1 aliphatic rings. The summed E-state index contributed by atoms with van der Waals surface area (Å²) in [6, 6.07) is 0.805. The van der Waals surface area contributed by atoms with Crippen molar-refractivity contribution < 1.29 is 0 Å². The Morgan fingerprint density at radius 2 is 2.29 bits per heavy atom. The second kappa shape index (κ2) is 6.41. The number of hydrogen-bond acceptors (Lipinski definition) is 2. The van der Waals surface area contributed by atoms with Crippen LogP contribution in [0.25, 0.3) is 0 Å². The van der Waals surface area contributed by atoms with Gasteiger partial charge in [0.25, 0.3) is 0 Å². The molecule has 0 saturated carbocycles. The number of hydrogen-bond donors (Lipinski definition) is 1. The zero-order valence-corrected chi connectivity index (χ0v) is 10.1. The molecule has 1 aliphatic heterocycles. The predicted octanol–water partition coefficient (Wildman–Crippen LogP) is 2.11. The van der Waals surface area contributed by atoms with E-state index in [4.69, 9.17) is 0 Å². The fourth-order valence-electron chi connectivity index (χ4n) is 2.59. The van der Waals surface area contributed by atoms with Crippen molar-refractivity contribution in [3.63, 3.8) is 0 Å². The van der Waals surface area contributed by atoms with E-state index in [2.05, 4.69) is 31.1 Å². The lowest BCUT2D eigenvalue weighted by molar-refractivity contribution is 0.213. The minimum atomic E-state index is 0.805. The molecule has 1 rings (SSSR count). The quantitative estimate of drug-likeness (QED) is 0.703. The number of rotatable bonds is 6. The van der Waals surface area contributed by atoms with Gasteiger partial charge in [0, 0.05) is 19.1 Å². The molecule has 0 spiro atoms. The van der Waals surface area contributed by atoms with Crippen LogP contribution in [0, 0.1) is 5.92 Å². The molecular weight excluding hydrogens is 172 g/mol. The van der Waals surface area contributed by atoms with Crippen LogP contribution < -0.4 is 5.32 Å². The topological polar surface area (TPSA) is 15.3 Å². The van der Waals surface area contributed by atoms with E-state index in [9.17, 15) is 0 Å². The smallest absolute Gasteiger partial charge is 0.0221 e. The maximum Gasteiger partial charge on any atom is 0.0221 e. The van der Waals surface area contributed by atoms with Crippen LogP contribution >= 0.6 is 0 Å². The highest BCUT2D eigenvalue weighted by molar-refractivity contribution is 4.81. The summed E-state index contributed by atoms with van der Waals surface area (Å²) in [5.74, 6) is 0.873. The monoisotopic (exact) mass is 198 g/mol. The van der Waals surface area contributed by atoms with Crippen molar-refractivity contribution in [2.45, 2.75) is 45.6 Å². The number of likely N-dealkylation sites (N-methyl/N-ethyl adjacent to an activating group) is 1. The molecule has 1 heterocycles. The molecule has 0 aliphatic carbocycles. The first-order valence-electron chi connectivity index (χ1n) is 6.16. The first-order chi connectivity index (χ1) is 6.77. The Morgan fingerprint density at radius 1 is 1.50 bits per heavy atom. The van der Waals surface area contributed by atoms with Gasteiger partial charge in [-0.05, 0) is 38.8 Å². The molecule has 14 heavy (non-hydrogen) atoms. The molecule has 1 saturated heterocycles. The molecule has 1 N–H and O–H groups in total. The van der Waals surface area contributed by atoms with E-state index in [1.807, 2.05) is 0 Å². The van der Waals surface area contributed by atoms with Crippen LogP contribution in [0.15, 0.2) is 0 Å². The highest BCUT2D eigenvalue weighted by Gasteiger charge is 2.24. The van der Waals surface area contributed by atoms with Gasteiger partial charge in [0.05, 0.1) is 0 Å². The van der Waals surface area contributed by atoms with Gasteiger partial charge in [-0.15, -0.1) is 0 Å². The summed E-state index contributed by atoms with van der Waals surface area (Å²) >= 11 is 0. The molecule has 0 amide bonds. The van der Waals surface area contributed by atoms with Crippen molar-refractivity contribution >= 4 is 0 Å². The predicted molar refractivity (Wildman–Crippen MR) is 62.6 cm³/mol. The van der Waals surface area contributed by atoms with Crippen molar-refractivity contribution in [3.8, 4) is 0 Å². The number of nitrogens with one attached hydrogen (secondary N) is 1. The summed E-state index contributed by atoms with van der Waals surface area (Å²) in [6.07, 6.45) is 5.49. The Morgan fingerprint density at radius 3 is 2.93 bits per heavy atom. The van der Waals surface area contributed by atoms with E-state index in [1.165, 1.54) is 45.3 Å². The SMILES string of the molecule is CCCC(C)CN1CCCC1CNC. The van der Waals surface area contributed by atoms with E-state index < -0.39 is 0 Å². The summed E-state index contributed by atoms with van der Waals surface area (Å²) in [5, 5.41) is 3.30. The highest BCUT2D eigenvalue weighted by Crippen LogP contribution is 2.19. The summed E-state index contributed by atoms with van der Waals surface area (Å²) in [5.41, 5.74) is 0. The first kappa shape index (κ1) is 12.0. The molecule has 2 atom stereocenters. The van der Waals surface area contributed by atoms with Crippen molar-refractivity contribution in [2.75, 3.05) is 26.7 Å². The third-order valence-corrected chi connectivity index (χ3v) is 3.27. The summed E-state index contributed by atoms with van der Waals surface area (Å²) < 4.78 is 0. The van der Waals surface area contributed by atoms with Gasteiger partial charge < -0.3 is 5.32 Å². The molecule has 84 valence electrons. The number of likely N-dealkylation sites (tertiary alicyclic amines) is 1. The largest absolute Gasteiger partial charge is 0.318 e. The van der Waals surface area contributed by atoms with Crippen molar-refractivity contribution in [1.82, 2.24) is 10.2 Å². The van der Waals surface area contributed by atoms with Crippen molar-refractivity contribution in [2.24, 2.45) is 5.92 Å². The molecule has 1 fully saturated rings. The molecule has 0 bridgehead atoms. The fraction of sp³-hybridized carbons (Fsp3) is 1.00. The van der Waals surface area contributed by atoms with Crippen LogP contribution in [0.3, 0.4) is 0 Å². The standard InChI is InChI=1S/C12H26N2/c1-4-6-11(2)10-14-8-5-7-12(14)9-13-3/h11-13H,4-10H2,1-3H3. The van der Waals surface area contributed by atoms with E-state index in [0.717, 1.165) is 12.0 Å². The van der Waals surface area contributed by atoms with Crippen LogP contribution in [-0.4, -0.2) is 37.6 Å². The van der Waals surface area contributed by atoms with Crippen LogP contribution in [0.1, 0.15) is 39.5 Å². The lowest BCUT2D eigenvalue weighted by atomic mass is 10.1. The Balaban J connectivity index is 2.27. The summed E-state index contributed by atoms with van der Waals surface area (Å²) in [6.45, 7) is 8.46. The molecule has 0 aromatic rings. The molecule has 2 unspecified atom stereocenters. The highest BCUT2D eigenvalue weighted by atomic mass is 15.2. The van der Waals surface area contributed by atoms with Gasteiger partial charge in [0.15, 0.2) is 0 Å². The Hall–Kier alpha value is -0.0800. The molecule has 0 aromatic heterocycles. The third kappa shape index (κ3) is 3.58. The van der Waals surface area contributed by atoms with E-state index in [1.54, 1.807) is 0 Å². The zero-order chi connectivity index (χ0) is 10.4. The lowest BCUT2D eigenvalue weighted by Crippen LogP contribution is -2.39. The average molecular weight is 198 g/mol. The molecular formula is C12H26N2. The maximum atomic E-state index is 3.30. The molecule has 2 heteroatoms. The van der Waals surface area contributed by atoms with Gasteiger partial charge in [-0.1, -0.05) is 20.3 Å². The van der Waals surface area contributed by atoms with E-state index in [0.29, 0.717) is 0 Å². The van der Waals surface area contributed by atoms with Gasteiger partial charge in [-0.2, -0.15) is 0 Å². The molecule has 0 aromatic carbocycles. The fourth-order valence-corrected chi connectivity index (χ4v) is 2.59. The first-order valence-corrected chi connectivity index (χ1v) is 6.16. The maximum absolute atomic E-state index is 3.30. The Kier molecular flexibility index (Phi) is 5.49. The zero-order valence-electron chi connectivity index (χ0n) is 10.1. The molecule has 2 nitrogen and oxygen atoms in total. The average Bonchev–Trinajstić information content (AvgIpc) is 2.54. The molecule has 0 radical (unpaired) electrons. The third-order valence-electron chi connectivity index (χ3n) is 3.27. The lowest BCUT2D eigenvalue weighted by Gasteiger charge is -2.27. The van der Waals surface area contributed by atoms with Crippen LogP contribution in [0.5, 0.6) is 0 Å². The van der Waals surface area contributed by atoms with Crippen LogP contribution in [-0.2, 0) is 0 Å². The van der Waals surface area contributed by atoms with E-state index in [-0.39, 0.29) is 0 Å². The van der Waals surface area contributed by atoms with Crippen molar-refractivity contribution in [3.05, 3.63) is 0 Å². The van der Waals surface area contributed by atoms with Gasteiger partial charge in [-0.3, -0.25) is 4.90 Å². The van der Waals surface area contributed by atoms with E-state index >= 15 is 0 Å². The van der Waals surface area contributed by atoms with Gasteiger partial charge in [0.2, 0.25) is 0 Å². The normalized spacial score (nSPS) is 25.5. The Labute approximate surface area is 89.1 Å². The van der Waals surface area contributed by atoms with Crippen LogP contribution in [0.4, 0.5) is 0 Å². The minimum Gasteiger partial charge on any atom is -0.318 e. The second-order valence-electron chi connectivity index (χ2n) is 4.74. The summed E-state index contributed by atoms with van der Waals surface area (Å²) in [4.78, 5) is 2.68. The number of nitrogens with zero attached hydrogens (tertiary/aromatic N) is 1. The van der Waals surface area contributed by atoms with Gasteiger partial charge in [-0.25, -0.2) is 0 Å². The Bertz CT molecular complexity index is 147. The summed E-state index contributed by atoms with van der Waals surface area (Å²) in [7, 11) is 2.06. The minimum absolute atomic E-state index is 0.805. The van der Waals surface area contributed by atoms with Gasteiger partial charge >= 0.3 is 0 Å². The second-order valence-corrected chi connectivity index (χ2v) is 4.74. The van der Waals surface area contributed by atoms with Crippen molar-refractivity contribution in [1.29, 1.82) is 0 Å².